The Kier molecular flexibility index (Phi) is 3.88. The fourth-order valence-electron chi connectivity index (χ4n) is 2.77. The second-order valence-electron chi connectivity index (χ2n) is 5.36. The third-order valence-corrected chi connectivity index (χ3v) is 4.06. The lowest BCUT2D eigenvalue weighted by molar-refractivity contribution is 0.646. The number of aromatic nitrogens is 1. The number of hydrogen-bond donors (Lipinski definition) is 1. The summed E-state index contributed by atoms with van der Waals surface area (Å²) in [6, 6.07) is 10.0. The van der Waals surface area contributed by atoms with Crippen LogP contribution in [0, 0.1) is 6.92 Å². The van der Waals surface area contributed by atoms with Gasteiger partial charge in [0.15, 0.2) is 0 Å². The zero-order valence-electron chi connectivity index (χ0n) is 12.1. The van der Waals surface area contributed by atoms with Gasteiger partial charge in [-0.25, -0.2) is 4.98 Å². The molecule has 0 radical (unpaired) electrons. The highest BCUT2D eigenvalue weighted by Crippen LogP contribution is 2.24. The standard InChI is InChI=1S/C16H19ClN4/c1-12-9-14(18)11-19-16(12)21-7-5-20(6-8-21)15-4-2-3-13(17)10-15/h2-4,9-11H,5-8,18H2,1H3. The normalized spacial score (nSPS) is 15.3. The van der Waals surface area contributed by atoms with Crippen molar-refractivity contribution in [1.29, 1.82) is 0 Å². The van der Waals surface area contributed by atoms with E-state index in [-0.39, 0.29) is 0 Å². The molecule has 1 saturated heterocycles. The number of nitrogens with two attached hydrogens (primary N) is 1. The number of pyridine rings is 1. The average molecular weight is 303 g/mol. The van der Waals surface area contributed by atoms with Crippen LogP contribution in [0.4, 0.5) is 17.2 Å². The Bertz CT molecular complexity index is 636. The molecule has 2 N–H and O–H groups in total. The highest BCUT2D eigenvalue weighted by Gasteiger charge is 2.19. The quantitative estimate of drug-likeness (QED) is 0.926. The summed E-state index contributed by atoms with van der Waals surface area (Å²) in [5.41, 5.74) is 8.80. The van der Waals surface area contributed by atoms with Crippen molar-refractivity contribution < 1.29 is 0 Å². The van der Waals surface area contributed by atoms with Crippen molar-refractivity contribution in [3.8, 4) is 0 Å². The number of nitrogen functional groups attached to an aromatic ring is 1. The van der Waals surface area contributed by atoms with Gasteiger partial charge in [0.1, 0.15) is 5.82 Å². The largest absolute Gasteiger partial charge is 0.397 e. The lowest BCUT2D eigenvalue weighted by Crippen LogP contribution is -2.47. The maximum Gasteiger partial charge on any atom is 0.131 e. The van der Waals surface area contributed by atoms with Crippen molar-refractivity contribution in [3.63, 3.8) is 0 Å². The van der Waals surface area contributed by atoms with Crippen LogP contribution in [-0.2, 0) is 0 Å². The topological polar surface area (TPSA) is 45.4 Å². The van der Waals surface area contributed by atoms with Crippen molar-refractivity contribution in [2.75, 3.05) is 41.7 Å². The molecule has 1 aromatic heterocycles. The van der Waals surface area contributed by atoms with Gasteiger partial charge in [0.25, 0.3) is 0 Å². The summed E-state index contributed by atoms with van der Waals surface area (Å²) in [5.74, 6) is 1.04. The Balaban J connectivity index is 1.70. The van der Waals surface area contributed by atoms with Crippen LogP contribution in [0.2, 0.25) is 5.02 Å². The average Bonchev–Trinajstić information content (AvgIpc) is 2.47. The third-order valence-electron chi connectivity index (χ3n) is 3.82. The van der Waals surface area contributed by atoms with E-state index in [1.807, 2.05) is 24.3 Å². The summed E-state index contributed by atoms with van der Waals surface area (Å²) in [5, 5.41) is 0.783. The van der Waals surface area contributed by atoms with Gasteiger partial charge < -0.3 is 15.5 Å². The molecule has 1 aliphatic heterocycles. The molecule has 0 saturated carbocycles. The maximum absolute atomic E-state index is 6.07. The minimum absolute atomic E-state index is 0.716. The van der Waals surface area contributed by atoms with Gasteiger partial charge in [0.2, 0.25) is 0 Å². The second-order valence-corrected chi connectivity index (χ2v) is 5.80. The van der Waals surface area contributed by atoms with Gasteiger partial charge in [-0.15, -0.1) is 0 Å². The van der Waals surface area contributed by atoms with Gasteiger partial charge >= 0.3 is 0 Å². The molecule has 110 valence electrons. The van der Waals surface area contributed by atoms with E-state index in [9.17, 15) is 0 Å². The Morgan fingerprint density at radius 1 is 1.10 bits per heavy atom. The van der Waals surface area contributed by atoms with Gasteiger partial charge in [0, 0.05) is 36.9 Å². The first-order valence-corrected chi connectivity index (χ1v) is 7.49. The monoisotopic (exact) mass is 302 g/mol. The fraction of sp³-hybridized carbons (Fsp3) is 0.312. The van der Waals surface area contributed by atoms with Gasteiger partial charge in [-0.05, 0) is 36.8 Å². The molecule has 4 nitrogen and oxygen atoms in total. The maximum atomic E-state index is 6.07. The van der Waals surface area contributed by atoms with E-state index >= 15 is 0 Å². The van der Waals surface area contributed by atoms with Gasteiger partial charge in [-0.2, -0.15) is 0 Å². The van der Waals surface area contributed by atoms with Crippen LogP contribution in [-0.4, -0.2) is 31.2 Å². The number of rotatable bonds is 2. The van der Waals surface area contributed by atoms with E-state index in [1.54, 1.807) is 6.20 Å². The Morgan fingerprint density at radius 2 is 1.81 bits per heavy atom. The molecule has 1 aliphatic rings. The van der Waals surface area contributed by atoms with Crippen LogP contribution < -0.4 is 15.5 Å². The fourth-order valence-corrected chi connectivity index (χ4v) is 2.95. The third kappa shape index (κ3) is 3.05. The first-order valence-electron chi connectivity index (χ1n) is 7.11. The van der Waals surface area contributed by atoms with Crippen molar-refractivity contribution in [2.45, 2.75) is 6.92 Å². The van der Waals surface area contributed by atoms with E-state index in [0.717, 1.165) is 42.6 Å². The van der Waals surface area contributed by atoms with E-state index < -0.39 is 0 Å². The van der Waals surface area contributed by atoms with Crippen LogP contribution in [0.1, 0.15) is 5.56 Å². The minimum Gasteiger partial charge on any atom is -0.397 e. The van der Waals surface area contributed by atoms with E-state index in [1.165, 1.54) is 5.69 Å². The summed E-state index contributed by atoms with van der Waals surface area (Å²) in [6.45, 7) is 5.88. The predicted octanol–water partition coefficient (Wildman–Crippen LogP) is 2.95. The Hall–Kier alpha value is -1.94. The number of hydrogen-bond acceptors (Lipinski definition) is 4. The van der Waals surface area contributed by atoms with E-state index in [4.69, 9.17) is 17.3 Å². The highest BCUT2D eigenvalue weighted by molar-refractivity contribution is 6.30. The first kappa shape index (κ1) is 14.0. The summed E-state index contributed by atoms with van der Waals surface area (Å²) >= 11 is 6.07. The number of halogens is 1. The van der Waals surface area contributed by atoms with Crippen molar-refractivity contribution in [3.05, 3.63) is 47.1 Å². The molecule has 0 unspecified atom stereocenters. The van der Waals surface area contributed by atoms with Crippen LogP contribution >= 0.6 is 11.6 Å². The molecule has 0 bridgehead atoms. The molecule has 21 heavy (non-hydrogen) atoms. The summed E-state index contributed by atoms with van der Waals surface area (Å²) in [6.07, 6.45) is 1.73. The van der Waals surface area contributed by atoms with E-state index in [0.29, 0.717) is 5.69 Å². The summed E-state index contributed by atoms with van der Waals surface area (Å²) in [4.78, 5) is 9.15. The van der Waals surface area contributed by atoms with Crippen molar-refractivity contribution >= 4 is 28.8 Å². The second kappa shape index (κ2) is 5.82. The van der Waals surface area contributed by atoms with Gasteiger partial charge in [-0.1, -0.05) is 17.7 Å². The van der Waals surface area contributed by atoms with Crippen LogP contribution in [0.15, 0.2) is 36.5 Å². The number of piperazine rings is 1. The number of nitrogens with zero attached hydrogens (tertiary/aromatic N) is 3. The molecule has 5 heteroatoms. The molecule has 0 aliphatic carbocycles. The van der Waals surface area contributed by atoms with Crippen molar-refractivity contribution in [1.82, 2.24) is 4.98 Å². The Labute approximate surface area is 130 Å². The number of aryl methyl sites for hydroxylation is 1. The molecule has 1 fully saturated rings. The molecular formula is C16H19ClN4. The molecule has 0 atom stereocenters. The lowest BCUT2D eigenvalue weighted by Gasteiger charge is -2.37. The van der Waals surface area contributed by atoms with E-state index in [2.05, 4.69) is 27.8 Å². The molecule has 2 aromatic rings. The summed E-state index contributed by atoms with van der Waals surface area (Å²) < 4.78 is 0. The van der Waals surface area contributed by atoms with Crippen LogP contribution in [0.25, 0.3) is 0 Å². The van der Waals surface area contributed by atoms with Gasteiger partial charge in [-0.3, -0.25) is 0 Å². The molecule has 0 amide bonds. The molecule has 1 aromatic carbocycles. The molecule has 2 heterocycles. The molecular weight excluding hydrogens is 284 g/mol. The zero-order valence-corrected chi connectivity index (χ0v) is 12.8. The smallest absolute Gasteiger partial charge is 0.131 e. The predicted molar refractivity (Wildman–Crippen MR) is 89.3 cm³/mol. The highest BCUT2D eigenvalue weighted by atomic mass is 35.5. The first-order chi connectivity index (χ1) is 10.1. The summed E-state index contributed by atoms with van der Waals surface area (Å²) in [7, 11) is 0. The van der Waals surface area contributed by atoms with Crippen LogP contribution in [0.5, 0.6) is 0 Å². The minimum atomic E-state index is 0.716. The van der Waals surface area contributed by atoms with Gasteiger partial charge in [0.05, 0.1) is 11.9 Å². The number of anilines is 3. The lowest BCUT2D eigenvalue weighted by atomic mass is 10.2. The van der Waals surface area contributed by atoms with Crippen molar-refractivity contribution in [2.24, 2.45) is 0 Å². The molecule has 3 rings (SSSR count). The Morgan fingerprint density at radius 3 is 2.48 bits per heavy atom. The number of benzene rings is 1. The van der Waals surface area contributed by atoms with Crippen LogP contribution in [0.3, 0.4) is 0 Å². The SMILES string of the molecule is Cc1cc(N)cnc1N1CCN(c2cccc(Cl)c2)CC1. The zero-order chi connectivity index (χ0) is 14.8. The molecule has 0 spiro atoms.